The maximum Gasteiger partial charge on any atom is 0.258 e. The van der Waals surface area contributed by atoms with Crippen molar-refractivity contribution in [3.05, 3.63) is 118 Å². The fraction of sp³-hybridized carbons (Fsp3) is 0.0769. The summed E-state index contributed by atoms with van der Waals surface area (Å²) in [5.74, 6) is 6.35. The van der Waals surface area contributed by atoms with Gasteiger partial charge in [-0.1, -0.05) is 60.4 Å². The van der Waals surface area contributed by atoms with E-state index in [-0.39, 0.29) is 5.56 Å². The van der Waals surface area contributed by atoms with E-state index in [1.807, 2.05) is 60.8 Å². The van der Waals surface area contributed by atoms with E-state index in [2.05, 4.69) is 30.0 Å². The summed E-state index contributed by atoms with van der Waals surface area (Å²) < 4.78 is 1.69. The summed E-state index contributed by atoms with van der Waals surface area (Å²) in [5.41, 5.74) is 3.55. The summed E-state index contributed by atoms with van der Waals surface area (Å²) in [6, 6.07) is 27.2. The van der Waals surface area contributed by atoms with Crippen LogP contribution in [0.25, 0.3) is 10.8 Å². The second-order valence-electron chi connectivity index (χ2n) is 6.82. The van der Waals surface area contributed by atoms with E-state index in [1.54, 1.807) is 16.7 Å². The normalized spacial score (nSPS) is 10.2. The van der Waals surface area contributed by atoms with Crippen LogP contribution in [0.5, 0.6) is 0 Å². The Kier molecular flexibility index (Phi) is 5.23. The third-order valence-electron chi connectivity index (χ3n) is 4.78. The van der Waals surface area contributed by atoms with Gasteiger partial charge in [0.1, 0.15) is 0 Å². The average molecular weight is 374 g/mol. The number of benzene rings is 3. The van der Waals surface area contributed by atoms with Crippen molar-refractivity contribution in [1.29, 1.82) is 5.26 Å². The molecular weight excluding hydrogens is 356 g/mol. The summed E-state index contributed by atoms with van der Waals surface area (Å²) in [7, 11) is 0. The molecule has 3 heteroatoms. The molecule has 3 aromatic carbocycles. The quantitative estimate of drug-likeness (QED) is 0.495. The average Bonchev–Trinajstić information content (AvgIpc) is 2.77. The van der Waals surface area contributed by atoms with Crippen LogP contribution in [0.4, 0.5) is 0 Å². The van der Waals surface area contributed by atoms with E-state index in [1.165, 1.54) is 5.56 Å². The van der Waals surface area contributed by atoms with Crippen LogP contribution in [-0.4, -0.2) is 4.57 Å². The van der Waals surface area contributed by atoms with Crippen molar-refractivity contribution >= 4 is 10.8 Å². The molecule has 138 valence electrons. The molecule has 29 heavy (non-hydrogen) atoms. The van der Waals surface area contributed by atoms with Gasteiger partial charge in [-0.15, -0.1) is 0 Å². The Hall–Kier alpha value is -4.08. The summed E-state index contributed by atoms with van der Waals surface area (Å²) in [6.45, 7) is 0.463. The minimum Gasteiger partial charge on any atom is -0.311 e. The Bertz CT molecular complexity index is 1320. The molecule has 3 nitrogen and oxygen atoms in total. The summed E-state index contributed by atoms with van der Waals surface area (Å²) in [5, 5.41) is 10.5. The first-order valence-electron chi connectivity index (χ1n) is 9.38. The molecule has 0 unspecified atom stereocenters. The highest BCUT2D eigenvalue weighted by Crippen LogP contribution is 2.13. The molecular formula is C26H18N2O. The second-order valence-corrected chi connectivity index (χ2v) is 6.82. The van der Waals surface area contributed by atoms with Crippen molar-refractivity contribution in [3.8, 4) is 17.9 Å². The third kappa shape index (κ3) is 4.26. The monoisotopic (exact) mass is 374 g/mol. The molecule has 0 aliphatic carbocycles. The zero-order chi connectivity index (χ0) is 20.1. The Balaban J connectivity index is 1.61. The first-order valence-corrected chi connectivity index (χ1v) is 9.38. The van der Waals surface area contributed by atoms with Gasteiger partial charge in [-0.3, -0.25) is 4.79 Å². The Morgan fingerprint density at radius 2 is 1.59 bits per heavy atom. The molecule has 0 spiro atoms. The van der Waals surface area contributed by atoms with Gasteiger partial charge in [-0.2, -0.15) is 5.26 Å². The number of rotatable bonds is 3. The molecule has 4 rings (SSSR count). The van der Waals surface area contributed by atoms with Gasteiger partial charge >= 0.3 is 0 Å². The molecule has 4 aromatic rings. The van der Waals surface area contributed by atoms with Crippen LogP contribution in [-0.2, 0) is 13.0 Å². The van der Waals surface area contributed by atoms with Crippen molar-refractivity contribution in [2.45, 2.75) is 13.0 Å². The molecule has 0 aliphatic heterocycles. The molecule has 0 fully saturated rings. The van der Waals surface area contributed by atoms with E-state index in [0.29, 0.717) is 23.9 Å². The molecule has 0 saturated heterocycles. The van der Waals surface area contributed by atoms with E-state index >= 15 is 0 Å². The molecule has 1 aromatic heterocycles. The minimum absolute atomic E-state index is 0.0430. The minimum atomic E-state index is -0.0430. The predicted octanol–water partition coefficient (Wildman–Crippen LogP) is 4.52. The second kappa shape index (κ2) is 8.30. The maximum atomic E-state index is 13.0. The first kappa shape index (κ1) is 18.3. The van der Waals surface area contributed by atoms with Crippen molar-refractivity contribution in [2.24, 2.45) is 0 Å². The number of hydrogen-bond acceptors (Lipinski definition) is 2. The van der Waals surface area contributed by atoms with Crippen LogP contribution in [0, 0.1) is 23.2 Å². The largest absolute Gasteiger partial charge is 0.311 e. The lowest BCUT2D eigenvalue weighted by Crippen LogP contribution is -2.20. The van der Waals surface area contributed by atoms with Gasteiger partial charge < -0.3 is 4.57 Å². The summed E-state index contributed by atoms with van der Waals surface area (Å²) in [6.07, 6.45) is 2.49. The van der Waals surface area contributed by atoms with E-state index < -0.39 is 0 Å². The number of hydrogen-bond donors (Lipinski definition) is 0. The topological polar surface area (TPSA) is 45.8 Å². The van der Waals surface area contributed by atoms with Gasteiger partial charge in [0.05, 0.1) is 18.2 Å². The third-order valence-corrected chi connectivity index (χ3v) is 4.78. The van der Waals surface area contributed by atoms with Crippen LogP contribution >= 0.6 is 0 Å². The van der Waals surface area contributed by atoms with E-state index in [9.17, 15) is 4.79 Å². The van der Waals surface area contributed by atoms with Crippen LogP contribution < -0.4 is 5.56 Å². The van der Waals surface area contributed by atoms with Crippen LogP contribution in [0.1, 0.15) is 22.3 Å². The summed E-state index contributed by atoms with van der Waals surface area (Å²) >= 11 is 0. The highest BCUT2D eigenvalue weighted by Gasteiger charge is 2.05. The van der Waals surface area contributed by atoms with Gasteiger partial charge in [0.2, 0.25) is 0 Å². The summed E-state index contributed by atoms with van der Waals surface area (Å²) in [4.78, 5) is 13.0. The van der Waals surface area contributed by atoms with E-state index in [4.69, 9.17) is 5.26 Å². The molecule has 1 heterocycles. The number of pyridine rings is 1. The highest BCUT2D eigenvalue weighted by atomic mass is 16.1. The van der Waals surface area contributed by atoms with Crippen molar-refractivity contribution in [2.75, 3.05) is 0 Å². The maximum absolute atomic E-state index is 13.0. The molecule has 0 N–H and O–H groups in total. The molecule has 0 bridgehead atoms. The molecule has 0 radical (unpaired) electrons. The van der Waals surface area contributed by atoms with Gasteiger partial charge in [0.25, 0.3) is 5.56 Å². The molecule has 0 saturated carbocycles. The lowest BCUT2D eigenvalue weighted by Gasteiger charge is -2.08. The first-order chi connectivity index (χ1) is 14.2. The number of nitrogens with zero attached hydrogens (tertiary/aromatic N) is 2. The fourth-order valence-electron chi connectivity index (χ4n) is 3.21. The number of aromatic nitrogens is 1. The van der Waals surface area contributed by atoms with Crippen LogP contribution in [0.3, 0.4) is 0 Å². The molecule has 0 aliphatic rings. The Morgan fingerprint density at radius 3 is 2.34 bits per heavy atom. The van der Waals surface area contributed by atoms with E-state index in [0.717, 1.165) is 16.5 Å². The predicted molar refractivity (Wildman–Crippen MR) is 115 cm³/mol. The standard InChI is InChI=1S/C26H18N2O/c27-18-22-9-11-23(12-10-22)19-28-16-15-24-14-13-21(17-25(24)26(28)29)8-4-7-20-5-2-1-3-6-20/h1-3,5-6,9-17H,7,19H2. The number of nitriles is 1. The SMILES string of the molecule is N#Cc1ccc(Cn2ccc3ccc(C#CCc4ccccc4)cc3c2=O)cc1. The van der Waals surface area contributed by atoms with Crippen LogP contribution in [0.2, 0.25) is 0 Å². The van der Waals surface area contributed by atoms with Crippen molar-refractivity contribution in [3.63, 3.8) is 0 Å². The number of fused-ring (bicyclic) bond motifs is 1. The lowest BCUT2D eigenvalue weighted by atomic mass is 10.1. The van der Waals surface area contributed by atoms with Crippen LogP contribution in [0.15, 0.2) is 89.9 Å². The molecule has 0 amide bonds. The lowest BCUT2D eigenvalue weighted by molar-refractivity contribution is 0.768. The van der Waals surface area contributed by atoms with Crippen molar-refractivity contribution < 1.29 is 0 Å². The Morgan fingerprint density at radius 1 is 0.828 bits per heavy atom. The zero-order valence-corrected chi connectivity index (χ0v) is 15.8. The smallest absolute Gasteiger partial charge is 0.258 e. The van der Waals surface area contributed by atoms with Gasteiger partial charge in [0.15, 0.2) is 0 Å². The van der Waals surface area contributed by atoms with Gasteiger partial charge in [-0.25, -0.2) is 0 Å². The molecule has 0 atom stereocenters. The zero-order valence-electron chi connectivity index (χ0n) is 15.8. The highest BCUT2D eigenvalue weighted by molar-refractivity contribution is 5.82. The van der Waals surface area contributed by atoms with Crippen molar-refractivity contribution in [1.82, 2.24) is 4.57 Å². The fourth-order valence-corrected chi connectivity index (χ4v) is 3.21. The van der Waals surface area contributed by atoms with Gasteiger partial charge in [-0.05, 0) is 46.8 Å². The van der Waals surface area contributed by atoms with Gasteiger partial charge in [0, 0.05) is 23.6 Å². The Labute approximate surface area is 169 Å².